The maximum Gasteiger partial charge on any atom is 0.114 e. The molecule has 0 radical (unpaired) electrons. The van der Waals surface area contributed by atoms with Crippen LogP contribution >= 0.6 is 27.5 Å². The van der Waals surface area contributed by atoms with E-state index in [4.69, 9.17) is 11.6 Å². The number of hydrogen-bond donors (Lipinski definition) is 1. The lowest BCUT2D eigenvalue weighted by Crippen LogP contribution is -2.15. The molecule has 0 spiro atoms. The van der Waals surface area contributed by atoms with Gasteiger partial charge in [-0.15, -0.1) is 5.10 Å². The standard InChI is InChI=1S/C11H11BrClN3O/c1-11(2,17)10-6-16(15-14-10)9-4-3-7(12)5-8(9)13/h3-6,17H,1-2H3. The normalized spacial score (nSPS) is 11.8. The fourth-order valence-electron chi connectivity index (χ4n) is 1.33. The molecule has 1 heterocycles. The number of aromatic nitrogens is 3. The largest absolute Gasteiger partial charge is 0.384 e. The molecule has 1 N–H and O–H groups in total. The molecule has 0 atom stereocenters. The summed E-state index contributed by atoms with van der Waals surface area (Å²) in [6, 6.07) is 5.48. The Morgan fingerprint density at radius 2 is 2.12 bits per heavy atom. The van der Waals surface area contributed by atoms with Gasteiger partial charge in [0.2, 0.25) is 0 Å². The van der Waals surface area contributed by atoms with Crippen LogP contribution in [-0.4, -0.2) is 20.1 Å². The van der Waals surface area contributed by atoms with Crippen molar-refractivity contribution in [3.05, 3.63) is 39.6 Å². The molecule has 0 aliphatic heterocycles. The summed E-state index contributed by atoms with van der Waals surface area (Å²) in [6.07, 6.45) is 1.66. The molecule has 17 heavy (non-hydrogen) atoms. The molecule has 0 amide bonds. The van der Waals surface area contributed by atoms with Gasteiger partial charge in [-0.2, -0.15) is 0 Å². The minimum atomic E-state index is -1.01. The minimum Gasteiger partial charge on any atom is -0.384 e. The van der Waals surface area contributed by atoms with E-state index in [0.717, 1.165) is 10.2 Å². The molecule has 2 rings (SSSR count). The van der Waals surface area contributed by atoms with Crippen molar-refractivity contribution < 1.29 is 5.11 Å². The zero-order chi connectivity index (χ0) is 12.6. The van der Waals surface area contributed by atoms with E-state index >= 15 is 0 Å². The van der Waals surface area contributed by atoms with E-state index in [9.17, 15) is 5.11 Å². The quantitative estimate of drug-likeness (QED) is 0.927. The molecular formula is C11H11BrClN3O. The van der Waals surface area contributed by atoms with Gasteiger partial charge < -0.3 is 5.11 Å². The Morgan fingerprint density at radius 1 is 1.41 bits per heavy atom. The predicted molar refractivity (Wildman–Crippen MR) is 69.3 cm³/mol. The number of hydrogen-bond acceptors (Lipinski definition) is 3. The average Bonchev–Trinajstić information content (AvgIpc) is 2.65. The lowest BCUT2D eigenvalue weighted by atomic mass is 10.1. The third-order valence-electron chi connectivity index (χ3n) is 2.28. The van der Waals surface area contributed by atoms with Crippen LogP contribution in [0, 0.1) is 0 Å². The summed E-state index contributed by atoms with van der Waals surface area (Å²) < 4.78 is 2.44. The zero-order valence-electron chi connectivity index (χ0n) is 9.35. The van der Waals surface area contributed by atoms with Crippen LogP contribution in [0.15, 0.2) is 28.9 Å². The van der Waals surface area contributed by atoms with Gasteiger partial charge in [-0.25, -0.2) is 4.68 Å². The second-order valence-corrected chi connectivity index (χ2v) is 5.53. The van der Waals surface area contributed by atoms with E-state index < -0.39 is 5.60 Å². The maximum atomic E-state index is 9.81. The molecule has 0 unspecified atom stereocenters. The molecule has 90 valence electrons. The number of rotatable bonds is 2. The summed E-state index contributed by atoms with van der Waals surface area (Å²) in [4.78, 5) is 0. The molecule has 2 aromatic rings. The molecule has 0 aliphatic carbocycles. The molecule has 1 aromatic heterocycles. The first-order chi connectivity index (χ1) is 7.88. The number of halogens is 2. The second-order valence-electron chi connectivity index (χ2n) is 4.20. The third-order valence-corrected chi connectivity index (χ3v) is 3.07. The topological polar surface area (TPSA) is 50.9 Å². The number of aliphatic hydroxyl groups is 1. The molecule has 0 saturated carbocycles. The van der Waals surface area contributed by atoms with Gasteiger partial charge >= 0.3 is 0 Å². The van der Waals surface area contributed by atoms with Gasteiger partial charge in [0, 0.05) is 4.47 Å². The zero-order valence-corrected chi connectivity index (χ0v) is 11.7. The highest BCUT2D eigenvalue weighted by Crippen LogP contribution is 2.25. The molecule has 0 saturated heterocycles. The van der Waals surface area contributed by atoms with Crippen molar-refractivity contribution in [3.63, 3.8) is 0 Å². The van der Waals surface area contributed by atoms with Crippen LogP contribution in [0.3, 0.4) is 0 Å². The van der Waals surface area contributed by atoms with Crippen molar-refractivity contribution in [1.29, 1.82) is 0 Å². The molecule has 0 aliphatic rings. The first kappa shape index (κ1) is 12.5. The smallest absolute Gasteiger partial charge is 0.114 e. The summed E-state index contributed by atoms with van der Waals surface area (Å²) in [7, 11) is 0. The Kier molecular flexibility index (Phi) is 3.25. The Bertz CT molecular complexity index is 548. The third kappa shape index (κ3) is 2.68. The van der Waals surface area contributed by atoms with Gasteiger partial charge in [0.05, 0.1) is 16.9 Å². The highest BCUT2D eigenvalue weighted by atomic mass is 79.9. The van der Waals surface area contributed by atoms with E-state index in [-0.39, 0.29) is 0 Å². The minimum absolute atomic E-state index is 0.497. The number of benzene rings is 1. The average molecular weight is 317 g/mol. The first-order valence-electron chi connectivity index (χ1n) is 4.98. The highest BCUT2D eigenvalue weighted by molar-refractivity contribution is 9.10. The molecule has 1 aromatic carbocycles. The summed E-state index contributed by atoms with van der Waals surface area (Å²) in [5, 5.41) is 18.2. The van der Waals surface area contributed by atoms with Gasteiger partial charge in [-0.05, 0) is 32.0 Å². The van der Waals surface area contributed by atoms with Crippen LogP contribution in [0.25, 0.3) is 5.69 Å². The van der Waals surface area contributed by atoms with Gasteiger partial charge in [-0.1, -0.05) is 32.7 Å². The summed E-state index contributed by atoms with van der Waals surface area (Å²) >= 11 is 9.44. The van der Waals surface area contributed by atoms with E-state index in [2.05, 4.69) is 26.2 Å². The maximum absolute atomic E-state index is 9.81. The van der Waals surface area contributed by atoms with Gasteiger partial charge in [0.1, 0.15) is 11.3 Å². The SMILES string of the molecule is CC(C)(O)c1cn(-c2ccc(Br)cc2Cl)nn1. The van der Waals surface area contributed by atoms with E-state index in [1.54, 1.807) is 30.8 Å². The Morgan fingerprint density at radius 3 is 2.65 bits per heavy atom. The van der Waals surface area contributed by atoms with Crippen LogP contribution in [0.2, 0.25) is 5.02 Å². The van der Waals surface area contributed by atoms with Crippen molar-refractivity contribution in [3.8, 4) is 5.69 Å². The highest BCUT2D eigenvalue weighted by Gasteiger charge is 2.20. The lowest BCUT2D eigenvalue weighted by Gasteiger charge is -2.11. The van der Waals surface area contributed by atoms with E-state index in [0.29, 0.717) is 10.7 Å². The van der Waals surface area contributed by atoms with Crippen LogP contribution in [0.1, 0.15) is 19.5 Å². The van der Waals surface area contributed by atoms with Crippen LogP contribution in [0.4, 0.5) is 0 Å². The van der Waals surface area contributed by atoms with Crippen molar-refractivity contribution in [2.24, 2.45) is 0 Å². The van der Waals surface area contributed by atoms with Gasteiger partial charge in [-0.3, -0.25) is 0 Å². The van der Waals surface area contributed by atoms with Gasteiger partial charge in [0.25, 0.3) is 0 Å². The molecule has 6 heteroatoms. The molecule has 4 nitrogen and oxygen atoms in total. The lowest BCUT2D eigenvalue weighted by molar-refractivity contribution is 0.0737. The van der Waals surface area contributed by atoms with Crippen molar-refractivity contribution in [2.75, 3.05) is 0 Å². The molecule has 0 fully saturated rings. The Hall–Kier alpha value is -0.910. The van der Waals surface area contributed by atoms with Crippen molar-refractivity contribution in [2.45, 2.75) is 19.4 Å². The Labute approximate surface area is 112 Å². The first-order valence-corrected chi connectivity index (χ1v) is 6.15. The molecule has 0 bridgehead atoms. The van der Waals surface area contributed by atoms with Crippen LogP contribution < -0.4 is 0 Å². The number of nitrogens with zero attached hydrogens (tertiary/aromatic N) is 3. The monoisotopic (exact) mass is 315 g/mol. The fourth-order valence-corrected chi connectivity index (χ4v) is 2.09. The van der Waals surface area contributed by atoms with Crippen molar-refractivity contribution in [1.82, 2.24) is 15.0 Å². The Balaban J connectivity index is 2.44. The van der Waals surface area contributed by atoms with Crippen LogP contribution in [-0.2, 0) is 5.60 Å². The van der Waals surface area contributed by atoms with E-state index in [1.807, 2.05) is 12.1 Å². The second kappa shape index (κ2) is 4.40. The molecular weight excluding hydrogens is 305 g/mol. The fraction of sp³-hybridized carbons (Fsp3) is 0.273. The van der Waals surface area contributed by atoms with Crippen LogP contribution in [0.5, 0.6) is 0 Å². The summed E-state index contributed by atoms with van der Waals surface area (Å²) in [5.41, 5.74) is 0.203. The van der Waals surface area contributed by atoms with Gasteiger partial charge in [0.15, 0.2) is 0 Å². The summed E-state index contributed by atoms with van der Waals surface area (Å²) in [6.45, 7) is 3.31. The predicted octanol–water partition coefficient (Wildman–Crippen LogP) is 2.91. The summed E-state index contributed by atoms with van der Waals surface area (Å²) in [5.74, 6) is 0. The van der Waals surface area contributed by atoms with Crippen molar-refractivity contribution >= 4 is 27.5 Å². The van der Waals surface area contributed by atoms with E-state index in [1.165, 1.54) is 0 Å².